The number of halogens is 2. The SMILES string of the molecule is CCNCc1nnc(-c2ccc(Cl)c(F)c2)o1. The number of nitrogens with one attached hydrogen (secondary N) is 1. The molecule has 1 aromatic carbocycles. The number of rotatable bonds is 4. The van der Waals surface area contributed by atoms with Gasteiger partial charge in [0.1, 0.15) is 5.82 Å². The molecule has 17 heavy (non-hydrogen) atoms. The maximum Gasteiger partial charge on any atom is 0.247 e. The summed E-state index contributed by atoms with van der Waals surface area (Å²) >= 11 is 5.59. The van der Waals surface area contributed by atoms with Crippen LogP contribution in [-0.2, 0) is 6.54 Å². The molecule has 0 radical (unpaired) electrons. The number of nitrogens with zero attached hydrogens (tertiary/aromatic N) is 2. The number of hydrogen-bond acceptors (Lipinski definition) is 4. The van der Waals surface area contributed by atoms with E-state index in [1.807, 2.05) is 6.92 Å². The molecule has 0 atom stereocenters. The Hall–Kier alpha value is -1.46. The Morgan fingerprint density at radius 2 is 2.24 bits per heavy atom. The number of aromatic nitrogens is 2. The van der Waals surface area contributed by atoms with Gasteiger partial charge in [-0.2, -0.15) is 0 Å². The standard InChI is InChI=1S/C11H11ClFN3O/c1-2-14-6-10-15-16-11(17-10)7-3-4-8(12)9(13)5-7/h3-5,14H,2,6H2,1H3. The fourth-order valence-electron chi connectivity index (χ4n) is 1.30. The van der Waals surface area contributed by atoms with Crippen LogP contribution in [0.15, 0.2) is 22.6 Å². The topological polar surface area (TPSA) is 51.0 Å². The minimum Gasteiger partial charge on any atom is -0.419 e. The Kier molecular flexibility index (Phi) is 3.71. The van der Waals surface area contributed by atoms with Crippen LogP contribution in [0.2, 0.25) is 5.02 Å². The van der Waals surface area contributed by atoms with Gasteiger partial charge >= 0.3 is 0 Å². The Labute approximate surface area is 103 Å². The predicted molar refractivity (Wildman–Crippen MR) is 62.1 cm³/mol. The van der Waals surface area contributed by atoms with Gasteiger partial charge in [0.05, 0.1) is 11.6 Å². The monoisotopic (exact) mass is 255 g/mol. The molecule has 4 nitrogen and oxygen atoms in total. The van der Waals surface area contributed by atoms with Crippen LogP contribution in [0.1, 0.15) is 12.8 Å². The molecule has 2 rings (SSSR count). The second-order valence-corrected chi connectivity index (χ2v) is 3.82. The predicted octanol–water partition coefficient (Wildman–Crippen LogP) is 2.64. The van der Waals surface area contributed by atoms with E-state index in [1.165, 1.54) is 12.1 Å². The summed E-state index contributed by atoms with van der Waals surface area (Å²) in [5.41, 5.74) is 0.516. The highest BCUT2D eigenvalue weighted by Crippen LogP contribution is 2.23. The zero-order valence-electron chi connectivity index (χ0n) is 9.20. The molecule has 0 bridgehead atoms. The molecule has 0 saturated carbocycles. The van der Waals surface area contributed by atoms with E-state index >= 15 is 0 Å². The first-order chi connectivity index (χ1) is 8.20. The van der Waals surface area contributed by atoms with Gasteiger partial charge in [0, 0.05) is 5.56 Å². The van der Waals surface area contributed by atoms with Crippen LogP contribution in [0.5, 0.6) is 0 Å². The minimum atomic E-state index is -0.504. The van der Waals surface area contributed by atoms with Gasteiger partial charge in [0.2, 0.25) is 11.8 Å². The molecule has 0 aliphatic rings. The first kappa shape index (κ1) is 12.0. The zero-order valence-corrected chi connectivity index (χ0v) is 9.96. The molecule has 6 heteroatoms. The van der Waals surface area contributed by atoms with Crippen molar-refractivity contribution < 1.29 is 8.81 Å². The van der Waals surface area contributed by atoms with Crippen LogP contribution in [-0.4, -0.2) is 16.7 Å². The normalized spacial score (nSPS) is 10.8. The van der Waals surface area contributed by atoms with Crippen molar-refractivity contribution in [3.05, 3.63) is 34.9 Å². The summed E-state index contributed by atoms with van der Waals surface area (Å²) in [6.45, 7) is 3.29. The summed E-state index contributed by atoms with van der Waals surface area (Å²) < 4.78 is 18.6. The van der Waals surface area contributed by atoms with Crippen molar-refractivity contribution >= 4 is 11.6 Å². The van der Waals surface area contributed by atoms with Crippen molar-refractivity contribution in [3.8, 4) is 11.5 Å². The summed E-state index contributed by atoms with van der Waals surface area (Å²) in [6.07, 6.45) is 0. The van der Waals surface area contributed by atoms with Crippen LogP contribution in [0.4, 0.5) is 4.39 Å². The Balaban J connectivity index is 2.21. The molecule has 0 aliphatic carbocycles. The van der Waals surface area contributed by atoms with Crippen molar-refractivity contribution in [2.75, 3.05) is 6.54 Å². The van der Waals surface area contributed by atoms with Gasteiger partial charge in [-0.15, -0.1) is 10.2 Å². The second-order valence-electron chi connectivity index (χ2n) is 3.41. The smallest absolute Gasteiger partial charge is 0.247 e. The molecule has 2 aromatic rings. The molecule has 0 amide bonds. The van der Waals surface area contributed by atoms with Crippen molar-refractivity contribution in [3.63, 3.8) is 0 Å². The summed E-state index contributed by atoms with van der Waals surface area (Å²) in [5, 5.41) is 10.8. The van der Waals surface area contributed by atoms with Gasteiger partial charge in [-0.3, -0.25) is 0 Å². The molecule has 0 fully saturated rings. The number of hydrogen-bond donors (Lipinski definition) is 1. The molecule has 0 unspecified atom stereocenters. The molecular formula is C11H11ClFN3O. The average molecular weight is 256 g/mol. The third kappa shape index (κ3) is 2.81. The van der Waals surface area contributed by atoms with E-state index in [2.05, 4.69) is 15.5 Å². The van der Waals surface area contributed by atoms with Gasteiger partial charge in [0.25, 0.3) is 0 Å². The van der Waals surface area contributed by atoms with Crippen LogP contribution < -0.4 is 5.32 Å². The molecular weight excluding hydrogens is 245 g/mol. The maximum absolute atomic E-state index is 13.2. The van der Waals surface area contributed by atoms with E-state index in [0.717, 1.165) is 6.54 Å². The van der Waals surface area contributed by atoms with Gasteiger partial charge in [-0.05, 0) is 24.7 Å². The van der Waals surface area contributed by atoms with Gasteiger partial charge < -0.3 is 9.73 Å². The van der Waals surface area contributed by atoms with E-state index < -0.39 is 5.82 Å². The van der Waals surface area contributed by atoms with Crippen LogP contribution in [0.3, 0.4) is 0 Å². The quantitative estimate of drug-likeness (QED) is 0.913. The lowest BCUT2D eigenvalue weighted by molar-refractivity contribution is 0.481. The minimum absolute atomic E-state index is 0.0705. The van der Waals surface area contributed by atoms with E-state index in [9.17, 15) is 4.39 Å². The largest absolute Gasteiger partial charge is 0.419 e. The maximum atomic E-state index is 13.2. The van der Waals surface area contributed by atoms with Crippen molar-refractivity contribution in [2.24, 2.45) is 0 Å². The first-order valence-electron chi connectivity index (χ1n) is 5.19. The highest BCUT2D eigenvalue weighted by Gasteiger charge is 2.10. The second kappa shape index (κ2) is 5.25. The first-order valence-corrected chi connectivity index (χ1v) is 5.57. The lowest BCUT2D eigenvalue weighted by Crippen LogP contribution is -2.11. The molecule has 0 spiro atoms. The zero-order chi connectivity index (χ0) is 12.3. The third-order valence-electron chi connectivity index (χ3n) is 2.16. The van der Waals surface area contributed by atoms with Gasteiger partial charge in [-0.1, -0.05) is 18.5 Å². The Morgan fingerprint density at radius 1 is 1.41 bits per heavy atom. The van der Waals surface area contributed by atoms with E-state index in [-0.39, 0.29) is 10.9 Å². The molecule has 90 valence electrons. The summed E-state index contributed by atoms with van der Waals surface area (Å²) in [5.74, 6) is 0.251. The molecule has 1 aromatic heterocycles. The molecule has 0 saturated heterocycles. The summed E-state index contributed by atoms with van der Waals surface area (Å²) in [6, 6.07) is 4.36. The number of benzene rings is 1. The van der Waals surface area contributed by atoms with Crippen LogP contribution >= 0.6 is 11.6 Å². The lowest BCUT2D eigenvalue weighted by atomic mass is 10.2. The fraction of sp³-hybridized carbons (Fsp3) is 0.273. The molecule has 1 N–H and O–H groups in total. The van der Waals surface area contributed by atoms with E-state index in [4.69, 9.17) is 16.0 Å². The van der Waals surface area contributed by atoms with E-state index in [0.29, 0.717) is 18.0 Å². The average Bonchev–Trinajstić information content (AvgIpc) is 2.79. The third-order valence-corrected chi connectivity index (χ3v) is 2.47. The van der Waals surface area contributed by atoms with E-state index in [1.54, 1.807) is 6.07 Å². The molecule has 0 aliphatic heterocycles. The van der Waals surface area contributed by atoms with Gasteiger partial charge in [-0.25, -0.2) is 4.39 Å². The molecule has 1 heterocycles. The summed E-state index contributed by atoms with van der Waals surface area (Å²) in [7, 11) is 0. The van der Waals surface area contributed by atoms with Crippen molar-refractivity contribution in [2.45, 2.75) is 13.5 Å². The summed E-state index contributed by atoms with van der Waals surface area (Å²) in [4.78, 5) is 0. The highest BCUT2D eigenvalue weighted by atomic mass is 35.5. The lowest BCUT2D eigenvalue weighted by Gasteiger charge is -1.97. The van der Waals surface area contributed by atoms with Crippen molar-refractivity contribution in [1.82, 2.24) is 15.5 Å². The fourth-order valence-corrected chi connectivity index (χ4v) is 1.42. The highest BCUT2D eigenvalue weighted by molar-refractivity contribution is 6.30. The van der Waals surface area contributed by atoms with Crippen molar-refractivity contribution in [1.29, 1.82) is 0 Å². The van der Waals surface area contributed by atoms with Crippen LogP contribution in [0.25, 0.3) is 11.5 Å². The van der Waals surface area contributed by atoms with Crippen LogP contribution in [0, 0.1) is 5.82 Å². The Morgan fingerprint density at radius 3 is 2.94 bits per heavy atom. The Bertz CT molecular complexity index is 515. The van der Waals surface area contributed by atoms with Gasteiger partial charge in [0.15, 0.2) is 0 Å².